The molecule has 31 heavy (non-hydrogen) atoms. The monoisotopic (exact) mass is 443 g/mol. The summed E-state index contributed by atoms with van der Waals surface area (Å²) in [6, 6.07) is 4.95. The fourth-order valence-electron chi connectivity index (χ4n) is 5.08. The van der Waals surface area contributed by atoms with Crippen LogP contribution in [0, 0.1) is 5.92 Å². The lowest BCUT2D eigenvalue weighted by Crippen LogP contribution is -2.43. The Hall–Kier alpha value is -2.54. The maximum atomic E-state index is 13.2. The van der Waals surface area contributed by atoms with Gasteiger partial charge in [-0.05, 0) is 64.2 Å². The minimum Gasteiger partial charge on any atom is -0.449 e. The Morgan fingerprint density at radius 1 is 1.29 bits per heavy atom. The number of nitrogens with zero attached hydrogens (tertiary/aromatic N) is 2. The number of fused-ring (bicyclic) bond motifs is 4. The molecular formula is C23H26ClN3O4. The van der Waals surface area contributed by atoms with E-state index in [0.717, 1.165) is 32.1 Å². The molecule has 0 bridgehead atoms. The average Bonchev–Trinajstić information content (AvgIpc) is 3.25. The van der Waals surface area contributed by atoms with Crippen molar-refractivity contribution < 1.29 is 13.9 Å². The molecule has 3 unspecified atom stereocenters. The van der Waals surface area contributed by atoms with Gasteiger partial charge in [-0.25, -0.2) is 9.78 Å². The second-order valence-corrected chi connectivity index (χ2v) is 10.1. The maximum Gasteiger partial charge on any atom is 0.411 e. The first kappa shape index (κ1) is 20.4. The second kappa shape index (κ2) is 7.26. The summed E-state index contributed by atoms with van der Waals surface area (Å²) in [6.45, 7) is 5.59. The third-order valence-corrected chi connectivity index (χ3v) is 6.55. The Morgan fingerprint density at radius 2 is 2.06 bits per heavy atom. The largest absolute Gasteiger partial charge is 0.449 e. The number of H-pyrrole nitrogens is 1. The van der Waals surface area contributed by atoms with Gasteiger partial charge in [0.25, 0.3) is 5.56 Å². The van der Waals surface area contributed by atoms with Crippen molar-refractivity contribution in [3.8, 4) is 0 Å². The number of halogens is 1. The Balaban J connectivity index is 1.62. The first-order valence-electron chi connectivity index (χ1n) is 10.8. The highest BCUT2D eigenvalue weighted by atomic mass is 35.5. The van der Waals surface area contributed by atoms with E-state index in [0.29, 0.717) is 33.3 Å². The molecule has 1 N–H and O–H groups in total. The molecule has 1 saturated carbocycles. The molecule has 1 amide bonds. The van der Waals surface area contributed by atoms with Gasteiger partial charge in [-0.1, -0.05) is 24.4 Å². The zero-order valence-corrected chi connectivity index (χ0v) is 18.7. The summed E-state index contributed by atoms with van der Waals surface area (Å²) in [4.78, 5) is 35.5. The number of aromatic nitrogens is 2. The normalized spacial score (nSPS) is 24.0. The highest BCUT2D eigenvalue weighted by Gasteiger charge is 2.47. The summed E-state index contributed by atoms with van der Waals surface area (Å²) in [6.07, 6.45) is 4.66. The number of carbonyl (C=O) groups excluding carboxylic acids is 1. The first-order valence-corrected chi connectivity index (χ1v) is 11.2. The van der Waals surface area contributed by atoms with Crippen molar-refractivity contribution in [1.82, 2.24) is 14.9 Å². The molecule has 5 rings (SSSR count). The van der Waals surface area contributed by atoms with Crippen molar-refractivity contribution in [2.24, 2.45) is 5.92 Å². The molecule has 2 aromatic heterocycles. The highest BCUT2D eigenvalue weighted by Crippen LogP contribution is 2.46. The Labute approximate surface area is 184 Å². The van der Waals surface area contributed by atoms with E-state index >= 15 is 0 Å². The second-order valence-electron chi connectivity index (χ2n) is 9.62. The van der Waals surface area contributed by atoms with E-state index in [4.69, 9.17) is 25.7 Å². The molecule has 1 aliphatic heterocycles. The van der Waals surface area contributed by atoms with Gasteiger partial charge in [-0.15, -0.1) is 0 Å². The fourth-order valence-corrected chi connectivity index (χ4v) is 5.25. The number of amides is 1. The summed E-state index contributed by atoms with van der Waals surface area (Å²) in [5, 5.41) is 1.23. The van der Waals surface area contributed by atoms with Crippen LogP contribution >= 0.6 is 11.6 Å². The standard InChI is InChI=1S/C23H26ClN3O4/c1-23(2,3)31-22(29)27-15-7-5-4-6-12(15)10-16(27)20-25-18-14-11-13(24)8-9-17(14)30-19(18)21(28)26-20/h8-9,11-12,15-16H,4-7,10H2,1-3H3,(H,25,26,28). The molecule has 7 nitrogen and oxygen atoms in total. The van der Waals surface area contributed by atoms with E-state index in [9.17, 15) is 9.59 Å². The molecule has 3 heterocycles. The molecule has 3 aromatic rings. The van der Waals surface area contributed by atoms with Crippen molar-refractivity contribution >= 4 is 39.8 Å². The highest BCUT2D eigenvalue weighted by molar-refractivity contribution is 6.31. The lowest BCUT2D eigenvalue weighted by Gasteiger charge is -2.35. The van der Waals surface area contributed by atoms with Gasteiger partial charge < -0.3 is 14.1 Å². The minimum absolute atomic E-state index is 0.102. The number of carbonyl (C=O) groups is 1. The molecule has 1 saturated heterocycles. The molecule has 0 spiro atoms. The number of ether oxygens (including phenoxy) is 1. The third-order valence-electron chi connectivity index (χ3n) is 6.31. The molecule has 1 aromatic carbocycles. The number of rotatable bonds is 1. The van der Waals surface area contributed by atoms with E-state index in [1.807, 2.05) is 25.7 Å². The van der Waals surface area contributed by atoms with Crippen molar-refractivity contribution in [3.63, 3.8) is 0 Å². The molecule has 2 fully saturated rings. The van der Waals surface area contributed by atoms with Gasteiger partial charge >= 0.3 is 6.09 Å². The van der Waals surface area contributed by atoms with Gasteiger partial charge in [0.15, 0.2) is 0 Å². The van der Waals surface area contributed by atoms with Crippen molar-refractivity contribution in [3.05, 3.63) is 39.4 Å². The number of likely N-dealkylation sites (tertiary alicyclic amines) is 1. The number of hydrogen-bond donors (Lipinski definition) is 1. The van der Waals surface area contributed by atoms with Crippen LogP contribution in [0.4, 0.5) is 4.79 Å². The quantitative estimate of drug-likeness (QED) is 0.531. The van der Waals surface area contributed by atoms with Gasteiger partial charge in [0.1, 0.15) is 22.5 Å². The van der Waals surface area contributed by atoms with Crippen LogP contribution in [0.1, 0.15) is 64.7 Å². The van der Waals surface area contributed by atoms with Crippen LogP contribution in [-0.2, 0) is 4.74 Å². The van der Waals surface area contributed by atoms with Crippen LogP contribution in [0.15, 0.2) is 27.4 Å². The van der Waals surface area contributed by atoms with E-state index in [-0.39, 0.29) is 29.3 Å². The number of benzene rings is 1. The molecule has 3 atom stereocenters. The number of hydrogen-bond acceptors (Lipinski definition) is 5. The molecule has 0 radical (unpaired) electrons. The zero-order chi connectivity index (χ0) is 21.9. The third kappa shape index (κ3) is 3.59. The summed E-state index contributed by atoms with van der Waals surface area (Å²) >= 11 is 6.17. The zero-order valence-electron chi connectivity index (χ0n) is 17.9. The minimum atomic E-state index is -0.601. The lowest BCUT2D eigenvalue weighted by atomic mass is 9.85. The first-order chi connectivity index (χ1) is 14.7. The Morgan fingerprint density at radius 3 is 2.84 bits per heavy atom. The van der Waals surface area contributed by atoms with Gasteiger partial charge in [0.2, 0.25) is 5.58 Å². The van der Waals surface area contributed by atoms with Gasteiger partial charge in [0, 0.05) is 16.5 Å². The summed E-state index contributed by atoms with van der Waals surface area (Å²) < 4.78 is 11.5. The Kier molecular flexibility index (Phi) is 4.77. The summed E-state index contributed by atoms with van der Waals surface area (Å²) in [7, 11) is 0. The van der Waals surface area contributed by atoms with Gasteiger partial charge in [-0.2, -0.15) is 0 Å². The average molecular weight is 444 g/mol. The predicted octanol–water partition coefficient (Wildman–Crippen LogP) is 5.56. The number of aromatic amines is 1. The summed E-state index contributed by atoms with van der Waals surface area (Å²) in [5.74, 6) is 0.850. The lowest BCUT2D eigenvalue weighted by molar-refractivity contribution is 0.00945. The molecular weight excluding hydrogens is 418 g/mol. The number of nitrogens with one attached hydrogen (secondary N) is 1. The van der Waals surface area contributed by atoms with Crippen LogP contribution in [-0.4, -0.2) is 32.6 Å². The fraction of sp³-hybridized carbons (Fsp3) is 0.522. The van der Waals surface area contributed by atoms with E-state index < -0.39 is 5.60 Å². The van der Waals surface area contributed by atoms with Crippen molar-refractivity contribution in [1.29, 1.82) is 0 Å². The van der Waals surface area contributed by atoms with Crippen LogP contribution in [0.25, 0.3) is 22.1 Å². The maximum absolute atomic E-state index is 13.2. The van der Waals surface area contributed by atoms with Crippen LogP contribution in [0.5, 0.6) is 0 Å². The smallest absolute Gasteiger partial charge is 0.411 e. The molecule has 2 aliphatic rings. The van der Waals surface area contributed by atoms with Crippen LogP contribution in [0.3, 0.4) is 0 Å². The molecule has 164 valence electrons. The predicted molar refractivity (Wildman–Crippen MR) is 118 cm³/mol. The van der Waals surface area contributed by atoms with E-state index in [1.165, 1.54) is 0 Å². The van der Waals surface area contributed by atoms with Crippen LogP contribution < -0.4 is 5.56 Å². The van der Waals surface area contributed by atoms with Gasteiger partial charge in [-0.3, -0.25) is 9.69 Å². The number of furan rings is 1. The van der Waals surface area contributed by atoms with Crippen molar-refractivity contribution in [2.45, 2.75) is 70.6 Å². The SMILES string of the molecule is CC(C)(C)OC(=O)N1C(c2nc3c(oc4ccc(Cl)cc43)c(=O)[nH]2)CC2CCCCC21. The van der Waals surface area contributed by atoms with E-state index in [2.05, 4.69) is 4.98 Å². The van der Waals surface area contributed by atoms with Crippen LogP contribution in [0.2, 0.25) is 5.02 Å². The summed E-state index contributed by atoms with van der Waals surface area (Å²) in [5.41, 5.74) is 0.233. The van der Waals surface area contributed by atoms with Gasteiger partial charge in [0.05, 0.1) is 6.04 Å². The topological polar surface area (TPSA) is 88.4 Å². The van der Waals surface area contributed by atoms with E-state index in [1.54, 1.807) is 18.2 Å². The molecule has 1 aliphatic carbocycles. The molecule has 8 heteroatoms. The van der Waals surface area contributed by atoms with Crippen molar-refractivity contribution in [2.75, 3.05) is 0 Å². The Bertz CT molecular complexity index is 1230.